The highest BCUT2D eigenvalue weighted by atomic mass is 35.5. The Bertz CT molecular complexity index is 766. The molecule has 6 heteroatoms. The Morgan fingerprint density at radius 1 is 1.16 bits per heavy atom. The molecule has 1 fully saturated rings. The fourth-order valence-corrected chi connectivity index (χ4v) is 4.55. The normalized spacial score (nSPS) is 17.9. The molecule has 0 aliphatic carbocycles. The summed E-state index contributed by atoms with van der Waals surface area (Å²) in [4.78, 5) is 27.5. The van der Waals surface area contributed by atoms with Gasteiger partial charge in [0.25, 0.3) is 0 Å². The lowest BCUT2D eigenvalue weighted by molar-refractivity contribution is -0.148. The first kappa shape index (κ1) is 18.0. The van der Waals surface area contributed by atoms with E-state index in [0.717, 1.165) is 10.4 Å². The van der Waals surface area contributed by atoms with Crippen molar-refractivity contribution in [3.63, 3.8) is 0 Å². The minimum atomic E-state index is -0.909. The van der Waals surface area contributed by atoms with Gasteiger partial charge in [-0.25, -0.2) is 0 Å². The smallest absolute Gasteiger partial charge is 0.314 e. The molecule has 2 heterocycles. The van der Waals surface area contributed by atoms with Gasteiger partial charge in [-0.1, -0.05) is 41.9 Å². The van der Waals surface area contributed by atoms with Crippen molar-refractivity contribution in [3.8, 4) is 0 Å². The largest absolute Gasteiger partial charge is 0.481 e. The van der Waals surface area contributed by atoms with Gasteiger partial charge in [-0.3, -0.25) is 9.59 Å². The lowest BCUT2D eigenvalue weighted by Crippen LogP contribution is -2.49. The first-order valence-electron chi connectivity index (χ1n) is 8.27. The lowest BCUT2D eigenvalue weighted by Gasteiger charge is -2.40. The average molecular weight is 378 g/mol. The topological polar surface area (TPSA) is 57.6 Å². The summed E-state index contributed by atoms with van der Waals surface area (Å²) >= 11 is 7.38. The summed E-state index contributed by atoms with van der Waals surface area (Å²) in [5, 5.41) is 9.84. The number of amides is 1. The summed E-state index contributed by atoms with van der Waals surface area (Å²) in [5.41, 5.74) is -0.0965. The van der Waals surface area contributed by atoms with Gasteiger partial charge in [0, 0.05) is 18.0 Å². The number of benzene rings is 1. The van der Waals surface area contributed by atoms with E-state index in [-0.39, 0.29) is 11.8 Å². The van der Waals surface area contributed by atoms with Crippen LogP contribution < -0.4 is 0 Å². The van der Waals surface area contributed by atoms with Crippen LogP contribution in [-0.4, -0.2) is 35.0 Å². The van der Waals surface area contributed by atoms with Crippen molar-refractivity contribution in [1.29, 1.82) is 0 Å². The number of carbonyl (C=O) groups excluding carboxylic acids is 1. The zero-order valence-corrected chi connectivity index (χ0v) is 15.5. The molecule has 1 aliphatic rings. The van der Waals surface area contributed by atoms with Crippen LogP contribution in [-0.2, 0) is 15.0 Å². The maximum Gasteiger partial charge on any atom is 0.314 e. The van der Waals surface area contributed by atoms with Crippen LogP contribution >= 0.6 is 22.9 Å². The Labute approximate surface area is 156 Å². The number of likely N-dealkylation sites (tertiary alicyclic amines) is 1. The molecule has 0 bridgehead atoms. The van der Waals surface area contributed by atoms with Crippen LogP contribution in [0.15, 0.2) is 42.5 Å². The van der Waals surface area contributed by atoms with Crippen molar-refractivity contribution in [2.24, 2.45) is 0 Å². The Morgan fingerprint density at radius 2 is 1.80 bits per heavy atom. The molecule has 1 amide bonds. The molecule has 132 valence electrons. The second-order valence-corrected chi connectivity index (χ2v) is 8.19. The maximum absolute atomic E-state index is 12.8. The van der Waals surface area contributed by atoms with E-state index in [0.29, 0.717) is 30.3 Å². The first-order chi connectivity index (χ1) is 11.9. The minimum absolute atomic E-state index is 0.0329. The second-order valence-electron chi connectivity index (χ2n) is 6.44. The highest BCUT2D eigenvalue weighted by Crippen LogP contribution is 2.37. The third-order valence-corrected chi connectivity index (χ3v) is 6.47. The Hall–Kier alpha value is -1.85. The molecule has 1 atom stereocenters. The van der Waals surface area contributed by atoms with Gasteiger partial charge in [-0.15, -0.1) is 11.3 Å². The fourth-order valence-electron chi connectivity index (χ4n) is 3.45. The van der Waals surface area contributed by atoms with Crippen molar-refractivity contribution < 1.29 is 14.7 Å². The molecule has 0 spiro atoms. The van der Waals surface area contributed by atoms with E-state index < -0.39 is 11.4 Å². The number of piperidine rings is 1. The van der Waals surface area contributed by atoms with Gasteiger partial charge in [-0.05, 0) is 37.5 Å². The van der Waals surface area contributed by atoms with Crippen molar-refractivity contribution in [1.82, 2.24) is 4.90 Å². The van der Waals surface area contributed by atoms with E-state index >= 15 is 0 Å². The van der Waals surface area contributed by atoms with Gasteiger partial charge in [0.15, 0.2) is 0 Å². The van der Waals surface area contributed by atoms with E-state index in [1.165, 1.54) is 11.3 Å². The van der Waals surface area contributed by atoms with E-state index in [9.17, 15) is 14.7 Å². The van der Waals surface area contributed by atoms with Gasteiger partial charge in [-0.2, -0.15) is 0 Å². The molecule has 3 rings (SSSR count). The molecule has 1 aromatic heterocycles. The zero-order chi connectivity index (χ0) is 18.0. The molecular formula is C19H20ClNO3S. The lowest BCUT2D eigenvalue weighted by atomic mass is 9.72. The summed E-state index contributed by atoms with van der Waals surface area (Å²) in [6, 6.07) is 13.0. The van der Waals surface area contributed by atoms with E-state index in [4.69, 9.17) is 11.6 Å². The number of nitrogens with zero attached hydrogens (tertiary/aromatic N) is 1. The fraction of sp³-hybridized carbons (Fsp3) is 0.368. The molecule has 1 N–H and O–H groups in total. The predicted molar refractivity (Wildman–Crippen MR) is 99.3 cm³/mol. The van der Waals surface area contributed by atoms with Crippen LogP contribution in [0.2, 0.25) is 4.34 Å². The molecular weight excluding hydrogens is 358 g/mol. The second kappa shape index (κ2) is 7.18. The van der Waals surface area contributed by atoms with Crippen molar-refractivity contribution in [3.05, 3.63) is 57.2 Å². The number of thiophene rings is 1. The molecule has 1 saturated heterocycles. The highest BCUT2D eigenvalue weighted by Gasteiger charge is 2.44. The average Bonchev–Trinajstić information content (AvgIpc) is 3.07. The Kier molecular flexibility index (Phi) is 5.16. The third kappa shape index (κ3) is 3.44. The zero-order valence-electron chi connectivity index (χ0n) is 13.9. The Balaban J connectivity index is 1.74. The number of carboxylic acids is 1. The number of hydrogen-bond acceptors (Lipinski definition) is 3. The Morgan fingerprint density at radius 3 is 2.32 bits per heavy atom. The number of hydrogen-bond donors (Lipinski definition) is 1. The summed E-state index contributed by atoms with van der Waals surface area (Å²) < 4.78 is 0.669. The third-order valence-electron chi connectivity index (χ3n) is 5.06. The molecule has 0 saturated carbocycles. The van der Waals surface area contributed by atoms with E-state index in [1.54, 1.807) is 11.0 Å². The number of aliphatic carboxylic acids is 1. The maximum atomic E-state index is 12.8. The quantitative estimate of drug-likeness (QED) is 0.870. The predicted octanol–water partition coefficient (Wildman–Crippen LogP) is 4.15. The summed E-state index contributed by atoms with van der Waals surface area (Å²) in [7, 11) is 0. The number of carboxylic acid groups (broad SMARTS) is 1. The van der Waals surface area contributed by atoms with Crippen LogP contribution in [0.4, 0.5) is 0 Å². The molecule has 2 aromatic rings. The molecule has 4 nitrogen and oxygen atoms in total. The standard InChI is InChI=1S/C19H20ClNO3S/c1-13(15-7-8-16(20)25-15)17(22)21-11-9-19(10-12-21,18(23)24)14-5-3-2-4-6-14/h2-8,13H,9-12H2,1H3,(H,23,24). The summed E-state index contributed by atoms with van der Waals surface area (Å²) in [5.74, 6) is -1.04. The van der Waals surface area contributed by atoms with Crippen molar-refractivity contribution in [2.75, 3.05) is 13.1 Å². The molecule has 1 aliphatic heterocycles. The molecule has 0 radical (unpaired) electrons. The van der Waals surface area contributed by atoms with Crippen LogP contribution in [0, 0.1) is 0 Å². The highest BCUT2D eigenvalue weighted by molar-refractivity contribution is 7.16. The van der Waals surface area contributed by atoms with Crippen molar-refractivity contribution >= 4 is 34.8 Å². The summed E-state index contributed by atoms with van der Waals surface area (Å²) in [6.07, 6.45) is 0.853. The number of rotatable bonds is 4. The van der Waals surface area contributed by atoms with Gasteiger partial charge in [0.1, 0.15) is 0 Å². The van der Waals surface area contributed by atoms with Crippen LogP contribution in [0.25, 0.3) is 0 Å². The molecule has 25 heavy (non-hydrogen) atoms. The van der Waals surface area contributed by atoms with Crippen LogP contribution in [0.3, 0.4) is 0 Å². The van der Waals surface area contributed by atoms with Gasteiger partial charge in [0.05, 0.1) is 15.7 Å². The molecule has 1 aromatic carbocycles. The van der Waals surface area contributed by atoms with Gasteiger partial charge < -0.3 is 10.0 Å². The SMILES string of the molecule is CC(C(=O)N1CCC(C(=O)O)(c2ccccc2)CC1)c1ccc(Cl)s1. The number of carbonyl (C=O) groups is 2. The van der Waals surface area contributed by atoms with Crippen molar-refractivity contribution in [2.45, 2.75) is 31.1 Å². The monoisotopic (exact) mass is 377 g/mol. The van der Waals surface area contributed by atoms with E-state index in [1.807, 2.05) is 43.3 Å². The van der Waals surface area contributed by atoms with E-state index in [2.05, 4.69) is 0 Å². The first-order valence-corrected chi connectivity index (χ1v) is 9.46. The van der Waals surface area contributed by atoms with Gasteiger partial charge >= 0.3 is 5.97 Å². The molecule has 1 unspecified atom stereocenters. The summed E-state index contributed by atoms with van der Waals surface area (Å²) in [6.45, 7) is 2.77. The van der Waals surface area contributed by atoms with Gasteiger partial charge in [0.2, 0.25) is 5.91 Å². The van der Waals surface area contributed by atoms with Crippen LogP contribution in [0.5, 0.6) is 0 Å². The number of halogens is 1. The van der Waals surface area contributed by atoms with Crippen LogP contribution in [0.1, 0.15) is 36.1 Å². The minimum Gasteiger partial charge on any atom is -0.481 e.